The summed E-state index contributed by atoms with van der Waals surface area (Å²) in [5.74, 6) is -2.27. The molecule has 1 aliphatic rings. The van der Waals surface area contributed by atoms with Crippen molar-refractivity contribution < 1.29 is 19.1 Å². The molecule has 0 radical (unpaired) electrons. The molecule has 5 rings (SSSR count). The van der Waals surface area contributed by atoms with Crippen LogP contribution in [-0.2, 0) is 7.05 Å². The summed E-state index contributed by atoms with van der Waals surface area (Å²) >= 11 is 0. The third-order valence-electron chi connectivity index (χ3n) is 5.69. The summed E-state index contributed by atoms with van der Waals surface area (Å²) in [7, 11) is 1.80. The molecule has 3 heterocycles. The van der Waals surface area contributed by atoms with Crippen molar-refractivity contribution in [3.05, 3.63) is 89.3 Å². The van der Waals surface area contributed by atoms with E-state index < -0.39 is 17.9 Å². The van der Waals surface area contributed by atoms with Crippen molar-refractivity contribution in [3.8, 4) is 0 Å². The van der Waals surface area contributed by atoms with Crippen molar-refractivity contribution in [1.82, 2.24) is 14.5 Å². The van der Waals surface area contributed by atoms with Gasteiger partial charge in [-0.1, -0.05) is 18.2 Å². The summed E-state index contributed by atoms with van der Waals surface area (Å²) < 4.78 is 15.4. The molecule has 0 spiro atoms. The number of fused-ring (bicyclic) bond motifs is 2. The zero-order valence-electron chi connectivity index (χ0n) is 16.4. The van der Waals surface area contributed by atoms with E-state index in [9.17, 15) is 19.1 Å². The molecule has 4 aromatic rings. The van der Waals surface area contributed by atoms with Crippen LogP contribution in [0.2, 0.25) is 0 Å². The van der Waals surface area contributed by atoms with Crippen molar-refractivity contribution in [2.75, 3.05) is 5.32 Å². The number of carboxylic acids is 1. The van der Waals surface area contributed by atoms with Gasteiger partial charge in [-0.05, 0) is 35.9 Å². The molecule has 0 fully saturated rings. The van der Waals surface area contributed by atoms with Gasteiger partial charge < -0.3 is 15.0 Å². The summed E-state index contributed by atoms with van der Waals surface area (Å²) in [4.78, 5) is 34.3. The molecule has 0 bridgehead atoms. The number of rotatable bonds is 3. The van der Waals surface area contributed by atoms with Gasteiger partial charge in [-0.3, -0.25) is 9.78 Å². The van der Waals surface area contributed by atoms with E-state index in [1.807, 2.05) is 4.57 Å². The highest BCUT2D eigenvalue weighted by Gasteiger charge is 2.42. The van der Waals surface area contributed by atoms with E-state index in [0.717, 1.165) is 5.52 Å². The Hall–Kier alpha value is -4.07. The first-order valence-electron chi connectivity index (χ1n) is 9.64. The summed E-state index contributed by atoms with van der Waals surface area (Å²) in [6, 6.07) is 11.8. The van der Waals surface area contributed by atoms with Gasteiger partial charge in [0.05, 0.1) is 28.9 Å². The molecule has 2 N–H and O–H groups in total. The molecule has 0 saturated heterocycles. The number of hydrogen-bond donors (Lipinski definition) is 2. The number of nitrogens with one attached hydrogen (secondary N) is 1. The van der Waals surface area contributed by atoms with Crippen LogP contribution in [0.4, 0.5) is 10.1 Å². The molecule has 0 amide bonds. The molecule has 8 heteroatoms. The molecule has 0 aliphatic carbocycles. The molecule has 1 aliphatic heterocycles. The average molecular weight is 416 g/mol. The number of halogens is 1. The highest BCUT2D eigenvalue weighted by Crippen LogP contribution is 2.43. The van der Waals surface area contributed by atoms with Crippen LogP contribution in [0.3, 0.4) is 0 Å². The molecule has 2 aromatic heterocycles. The fourth-order valence-electron chi connectivity index (χ4n) is 4.23. The maximum absolute atomic E-state index is 13.8. The lowest BCUT2D eigenvalue weighted by Crippen LogP contribution is -2.34. The Kier molecular flexibility index (Phi) is 4.28. The highest BCUT2D eigenvalue weighted by atomic mass is 19.1. The van der Waals surface area contributed by atoms with Gasteiger partial charge in [0.15, 0.2) is 5.78 Å². The van der Waals surface area contributed by atoms with Crippen LogP contribution in [0, 0.1) is 5.82 Å². The largest absolute Gasteiger partial charge is 0.478 e. The van der Waals surface area contributed by atoms with Crippen molar-refractivity contribution >= 4 is 28.5 Å². The monoisotopic (exact) mass is 416 g/mol. The average Bonchev–Trinajstić information content (AvgIpc) is 3.10. The second-order valence-electron chi connectivity index (χ2n) is 7.44. The number of carbonyl (C=O) groups is 2. The number of imidazole rings is 1. The lowest BCUT2D eigenvalue weighted by atomic mass is 9.80. The number of benzene rings is 2. The lowest BCUT2D eigenvalue weighted by Gasteiger charge is -2.34. The van der Waals surface area contributed by atoms with Gasteiger partial charge in [0.1, 0.15) is 23.1 Å². The third-order valence-corrected chi connectivity index (χ3v) is 5.69. The number of pyridine rings is 1. The van der Waals surface area contributed by atoms with Crippen molar-refractivity contribution in [2.45, 2.75) is 12.0 Å². The van der Waals surface area contributed by atoms with Crippen LogP contribution in [0.1, 0.15) is 44.1 Å². The minimum absolute atomic E-state index is 0.0713. The van der Waals surface area contributed by atoms with Gasteiger partial charge in [0, 0.05) is 18.9 Å². The number of hydrogen-bond acceptors (Lipinski definition) is 5. The molecule has 2 atom stereocenters. The highest BCUT2D eigenvalue weighted by molar-refractivity contribution is 6.14. The van der Waals surface area contributed by atoms with E-state index in [1.54, 1.807) is 49.8 Å². The molecule has 31 heavy (non-hydrogen) atoms. The number of nitrogens with zero attached hydrogens (tertiary/aromatic N) is 3. The second kappa shape index (κ2) is 7.02. The van der Waals surface area contributed by atoms with Crippen LogP contribution >= 0.6 is 0 Å². The number of ketones is 1. The Bertz CT molecular complexity index is 1350. The zero-order valence-corrected chi connectivity index (χ0v) is 16.4. The quantitative estimate of drug-likeness (QED) is 0.525. The normalized spacial score (nSPS) is 17.9. The maximum atomic E-state index is 13.8. The molecule has 2 unspecified atom stereocenters. The first-order valence-corrected chi connectivity index (χ1v) is 9.64. The van der Waals surface area contributed by atoms with Gasteiger partial charge in [-0.2, -0.15) is 0 Å². The first-order chi connectivity index (χ1) is 15.0. The smallest absolute Gasteiger partial charge is 0.336 e. The predicted octanol–water partition coefficient (Wildman–Crippen LogP) is 3.94. The second-order valence-corrected chi connectivity index (χ2v) is 7.44. The SMILES string of the molecule is Cn1c(C2C(=O)c3c(cccc3C(=O)O)NC2c2ccc(F)cc2)nc2cnccc21. The van der Waals surface area contributed by atoms with E-state index in [2.05, 4.69) is 15.3 Å². The zero-order chi connectivity index (χ0) is 21.7. The summed E-state index contributed by atoms with van der Waals surface area (Å²) in [5, 5.41) is 13.0. The number of carbonyl (C=O) groups excluding carboxylic acids is 1. The van der Waals surface area contributed by atoms with Crippen molar-refractivity contribution in [1.29, 1.82) is 0 Å². The standard InChI is InChI=1S/C23H17FN4O3/c1-28-17-9-10-25-11-16(17)27-22(28)19-20(12-5-7-13(24)8-6-12)26-15-4-2-3-14(23(30)31)18(15)21(19)29/h2-11,19-20,26H,1H3,(H,30,31). The number of carboxylic acid groups (broad SMARTS) is 1. The lowest BCUT2D eigenvalue weighted by molar-refractivity contribution is 0.0690. The Morgan fingerprint density at radius 1 is 1.16 bits per heavy atom. The van der Waals surface area contributed by atoms with Gasteiger partial charge in [-0.25, -0.2) is 14.2 Å². The minimum Gasteiger partial charge on any atom is -0.478 e. The summed E-state index contributed by atoms with van der Waals surface area (Å²) in [6.45, 7) is 0. The predicted molar refractivity (Wildman–Crippen MR) is 112 cm³/mol. The van der Waals surface area contributed by atoms with Gasteiger partial charge in [0.2, 0.25) is 0 Å². The molecule has 2 aromatic carbocycles. The Balaban J connectivity index is 1.75. The number of aryl methyl sites for hydroxylation is 1. The van der Waals surface area contributed by atoms with Crippen molar-refractivity contribution in [3.63, 3.8) is 0 Å². The number of Topliss-reactive ketones (excluding diaryl/α,β-unsaturated/α-hetero) is 1. The minimum atomic E-state index is -1.18. The number of aromatic nitrogens is 3. The Morgan fingerprint density at radius 3 is 2.65 bits per heavy atom. The van der Waals surface area contributed by atoms with Gasteiger partial charge in [-0.15, -0.1) is 0 Å². The fourth-order valence-corrected chi connectivity index (χ4v) is 4.23. The van der Waals surface area contributed by atoms with E-state index in [-0.39, 0.29) is 22.7 Å². The molecular formula is C23H17FN4O3. The van der Waals surface area contributed by atoms with Crippen molar-refractivity contribution in [2.24, 2.45) is 7.05 Å². The van der Waals surface area contributed by atoms with Crippen LogP contribution in [0.5, 0.6) is 0 Å². The third kappa shape index (κ3) is 2.95. The maximum Gasteiger partial charge on any atom is 0.336 e. The first kappa shape index (κ1) is 18.9. The molecule has 7 nitrogen and oxygen atoms in total. The number of aromatic carboxylic acids is 1. The topological polar surface area (TPSA) is 97.1 Å². The van der Waals surface area contributed by atoms with E-state index in [0.29, 0.717) is 22.6 Å². The van der Waals surface area contributed by atoms with Crippen LogP contribution < -0.4 is 5.32 Å². The molecule has 154 valence electrons. The Morgan fingerprint density at radius 2 is 1.94 bits per heavy atom. The molecular weight excluding hydrogens is 399 g/mol. The van der Waals surface area contributed by atoms with E-state index >= 15 is 0 Å². The Labute approximate surface area is 176 Å². The van der Waals surface area contributed by atoms with E-state index in [1.165, 1.54) is 18.2 Å². The number of anilines is 1. The summed E-state index contributed by atoms with van der Waals surface area (Å²) in [5.41, 5.74) is 2.59. The van der Waals surface area contributed by atoms with Crippen LogP contribution in [0.15, 0.2) is 60.9 Å². The summed E-state index contributed by atoms with van der Waals surface area (Å²) in [6.07, 6.45) is 3.26. The molecule has 0 saturated carbocycles. The van der Waals surface area contributed by atoms with Crippen LogP contribution in [-0.4, -0.2) is 31.4 Å². The van der Waals surface area contributed by atoms with Crippen LogP contribution in [0.25, 0.3) is 11.0 Å². The fraction of sp³-hybridized carbons (Fsp3) is 0.130. The van der Waals surface area contributed by atoms with E-state index in [4.69, 9.17) is 0 Å². The van der Waals surface area contributed by atoms with Gasteiger partial charge in [0.25, 0.3) is 0 Å². The van der Waals surface area contributed by atoms with Gasteiger partial charge >= 0.3 is 5.97 Å².